The summed E-state index contributed by atoms with van der Waals surface area (Å²) in [6.45, 7) is 7.62. The molecule has 1 saturated heterocycles. The number of rotatable bonds is 6. The van der Waals surface area contributed by atoms with Gasteiger partial charge in [0, 0.05) is 32.2 Å². The summed E-state index contributed by atoms with van der Waals surface area (Å²) in [5, 5.41) is 13.2. The predicted molar refractivity (Wildman–Crippen MR) is 78.2 cm³/mol. The van der Waals surface area contributed by atoms with Crippen molar-refractivity contribution in [1.82, 2.24) is 10.2 Å². The minimum Gasteiger partial charge on any atom is -0.504 e. The molecule has 1 aliphatic heterocycles. The van der Waals surface area contributed by atoms with Gasteiger partial charge in [0.15, 0.2) is 11.5 Å². The number of morpholine rings is 1. The quantitative estimate of drug-likeness (QED) is 0.820. The van der Waals surface area contributed by atoms with Crippen LogP contribution in [-0.4, -0.2) is 56.0 Å². The normalized spacial score (nSPS) is 17.9. The van der Waals surface area contributed by atoms with E-state index in [9.17, 15) is 5.11 Å². The molecule has 112 valence electrons. The molecule has 5 heteroatoms. The molecule has 1 heterocycles. The molecule has 1 fully saturated rings. The first-order valence-electron chi connectivity index (χ1n) is 7.08. The van der Waals surface area contributed by atoms with Crippen LogP contribution in [0.2, 0.25) is 0 Å². The maximum Gasteiger partial charge on any atom is 0.160 e. The van der Waals surface area contributed by atoms with Crippen molar-refractivity contribution < 1.29 is 14.6 Å². The fourth-order valence-corrected chi connectivity index (χ4v) is 2.37. The van der Waals surface area contributed by atoms with Crippen molar-refractivity contribution in [3.05, 3.63) is 23.8 Å². The number of phenols is 1. The van der Waals surface area contributed by atoms with Gasteiger partial charge in [-0.3, -0.25) is 4.90 Å². The van der Waals surface area contributed by atoms with Crippen molar-refractivity contribution in [2.75, 3.05) is 40.0 Å². The Morgan fingerprint density at radius 2 is 2.15 bits per heavy atom. The lowest BCUT2D eigenvalue weighted by atomic mass is 10.2. The monoisotopic (exact) mass is 280 g/mol. The Labute approximate surface area is 120 Å². The number of hydrogen-bond donors (Lipinski definition) is 2. The Hall–Kier alpha value is -1.30. The third kappa shape index (κ3) is 4.37. The number of phenolic OH excluding ortho intramolecular Hbond substituents is 1. The first-order valence-corrected chi connectivity index (χ1v) is 7.08. The van der Waals surface area contributed by atoms with Crippen molar-refractivity contribution in [3.8, 4) is 11.5 Å². The highest BCUT2D eigenvalue weighted by Gasteiger charge is 2.13. The molecule has 0 unspecified atom stereocenters. The van der Waals surface area contributed by atoms with Crippen molar-refractivity contribution in [2.45, 2.75) is 19.5 Å². The van der Waals surface area contributed by atoms with Gasteiger partial charge in [0.25, 0.3) is 0 Å². The van der Waals surface area contributed by atoms with Crippen LogP contribution >= 0.6 is 0 Å². The molecule has 1 aliphatic rings. The topological polar surface area (TPSA) is 54.0 Å². The SMILES string of the molecule is COc1ccc(CN[C@H](C)CN2CCOCC2)cc1O. The number of methoxy groups -OCH3 is 1. The minimum absolute atomic E-state index is 0.188. The van der Waals surface area contributed by atoms with Gasteiger partial charge in [-0.1, -0.05) is 6.07 Å². The maximum absolute atomic E-state index is 9.74. The average Bonchev–Trinajstić information content (AvgIpc) is 2.46. The van der Waals surface area contributed by atoms with Crippen LogP contribution < -0.4 is 10.1 Å². The molecule has 2 rings (SSSR count). The van der Waals surface area contributed by atoms with Crippen molar-refractivity contribution in [3.63, 3.8) is 0 Å². The van der Waals surface area contributed by atoms with E-state index in [1.165, 1.54) is 0 Å². The molecule has 5 nitrogen and oxygen atoms in total. The highest BCUT2D eigenvalue weighted by atomic mass is 16.5. The van der Waals surface area contributed by atoms with Gasteiger partial charge in [-0.2, -0.15) is 0 Å². The van der Waals surface area contributed by atoms with Gasteiger partial charge in [0.05, 0.1) is 20.3 Å². The minimum atomic E-state index is 0.188. The van der Waals surface area contributed by atoms with E-state index in [1.54, 1.807) is 19.2 Å². The summed E-state index contributed by atoms with van der Waals surface area (Å²) in [7, 11) is 1.55. The predicted octanol–water partition coefficient (Wildman–Crippen LogP) is 1.21. The van der Waals surface area contributed by atoms with E-state index in [0.717, 1.165) is 45.0 Å². The van der Waals surface area contributed by atoms with E-state index < -0.39 is 0 Å². The summed E-state index contributed by atoms with van der Waals surface area (Å²) in [6.07, 6.45) is 0. The van der Waals surface area contributed by atoms with Crippen LogP contribution in [0.4, 0.5) is 0 Å². The number of aromatic hydroxyl groups is 1. The van der Waals surface area contributed by atoms with Gasteiger partial charge in [-0.05, 0) is 24.6 Å². The number of nitrogens with zero attached hydrogens (tertiary/aromatic N) is 1. The summed E-state index contributed by atoms with van der Waals surface area (Å²) < 4.78 is 10.4. The summed E-state index contributed by atoms with van der Waals surface area (Å²) in [5.41, 5.74) is 1.05. The molecule has 0 bridgehead atoms. The van der Waals surface area contributed by atoms with E-state index in [4.69, 9.17) is 9.47 Å². The van der Waals surface area contributed by atoms with E-state index in [-0.39, 0.29) is 5.75 Å². The molecular formula is C15H24N2O3. The molecule has 0 aliphatic carbocycles. The number of ether oxygens (including phenoxy) is 2. The standard InChI is InChI=1S/C15H24N2O3/c1-12(11-17-5-7-20-8-6-17)16-10-13-3-4-15(19-2)14(18)9-13/h3-4,9,12,16,18H,5-8,10-11H2,1-2H3/t12-/m1/s1. The second kappa shape index (κ2) is 7.47. The van der Waals surface area contributed by atoms with Crippen LogP contribution in [-0.2, 0) is 11.3 Å². The van der Waals surface area contributed by atoms with Crippen LogP contribution in [0, 0.1) is 0 Å². The largest absolute Gasteiger partial charge is 0.504 e. The zero-order chi connectivity index (χ0) is 14.4. The Balaban J connectivity index is 1.77. The van der Waals surface area contributed by atoms with Crippen LogP contribution in [0.15, 0.2) is 18.2 Å². The highest BCUT2D eigenvalue weighted by molar-refractivity contribution is 5.41. The van der Waals surface area contributed by atoms with Crippen LogP contribution in [0.25, 0.3) is 0 Å². The van der Waals surface area contributed by atoms with Crippen molar-refractivity contribution in [2.24, 2.45) is 0 Å². The van der Waals surface area contributed by atoms with Gasteiger partial charge in [-0.25, -0.2) is 0 Å². The van der Waals surface area contributed by atoms with Crippen LogP contribution in [0.3, 0.4) is 0 Å². The van der Waals surface area contributed by atoms with E-state index in [1.807, 2.05) is 6.07 Å². The fraction of sp³-hybridized carbons (Fsp3) is 0.600. The summed E-state index contributed by atoms with van der Waals surface area (Å²) >= 11 is 0. The molecule has 0 spiro atoms. The Bertz CT molecular complexity index is 420. The summed E-state index contributed by atoms with van der Waals surface area (Å²) in [4.78, 5) is 2.41. The van der Waals surface area contributed by atoms with Gasteiger partial charge >= 0.3 is 0 Å². The second-order valence-electron chi connectivity index (χ2n) is 5.20. The summed E-state index contributed by atoms with van der Waals surface area (Å²) in [5.74, 6) is 0.697. The molecule has 0 amide bonds. The Morgan fingerprint density at radius 1 is 1.40 bits per heavy atom. The van der Waals surface area contributed by atoms with Gasteiger partial charge in [-0.15, -0.1) is 0 Å². The van der Waals surface area contributed by atoms with E-state index in [0.29, 0.717) is 11.8 Å². The maximum atomic E-state index is 9.74. The van der Waals surface area contributed by atoms with Crippen LogP contribution in [0.1, 0.15) is 12.5 Å². The van der Waals surface area contributed by atoms with E-state index in [2.05, 4.69) is 17.1 Å². The molecule has 0 saturated carbocycles. The summed E-state index contributed by atoms with van der Waals surface area (Å²) in [6, 6.07) is 5.90. The molecule has 0 radical (unpaired) electrons. The smallest absolute Gasteiger partial charge is 0.160 e. The first kappa shape index (κ1) is 15.1. The third-order valence-corrected chi connectivity index (χ3v) is 3.53. The lowest BCUT2D eigenvalue weighted by molar-refractivity contribution is 0.0343. The Morgan fingerprint density at radius 3 is 2.80 bits per heavy atom. The van der Waals surface area contributed by atoms with Gasteiger partial charge in [0.1, 0.15) is 0 Å². The number of hydrogen-bond acceptors (Lipinski definition) is 5. The molecule has 1 aromatic carbocycles. The zero-order valence-corrected chi connectivity index (χ0v) is 12.3. The molecule has 2 N–H and O–H groups in total. The fourth-order valence-electron chi connectivity index (χ4n) is 2.37. The molecule has 1 atom stereocenters. The molecule has 0 aromatic heterocycles. The second-order valence-corrected chi connectivity index (χ2v) is 5.20. The Kier molecular flexibility index (Phi) is 5.64. The lowest BCUT2D eigenvalue weighted by Gasteiger charge is -2.29. The van der Waals surface area contributed by atoms with Crippen LogP contribution in [0.5, 0.6) is 11.5 Å². The third-order valence-electron chi connectivity index (χ3n) is 3.53. The lowest BCUT2D eigenvalue weighted by Crippen LogP contribution is -2.44. The number of nitrogens with one attached hydrogen (secondary N) is 1. The first-order chi connectivity index (χ1) is 9.69. The molecule has 20 heavy (non-hydrogen) atoms. The molecule has 1 aromatic rings. The van der Waals surface area contributed by atoms with Gasteiger partial charge < -0.3 is 19.9 Å². The average molecular weight is 280 g/mol. The van der Waals surface area contributed by atoms with Gasteiger partial charge in [0.2, 0.25) is 0 Å². The molecular weight excluding hydrogens is 256 g/mol. The highest BCUT2D eigenvalue weighted by Crippen LogP contribution is 2.26. The van der Waals surface area contributed by atoms with Crippen molar-refractivity contribution in [1.29, 1.82) is 0 Å². The zero-order valence-electron chi connectivity index (χ0n) is 12.3. The van der Waals surface area contributed by atoms with Crippen molar-refractivity contribution >= 4 is 0 Å². The number of benzene rings is 1. The van der Waals surface area contributed by atoms with E-state index >= 15 is 0 Å².